The molecule has 112 valence electrons. The van der Waals surface area contributed by atoms with Crippen molar-refractivity contribution >= 4 is 11.7 Å². The highest BCUT2D eigenvalue weighted by Gasteiger charge is 2.36. The van der Waals surface area contributed by atoms with Gasteiger partial charge in [0.2, 0.25) is 5.95 Å². The van der Waals surface area contributed by atoms with Crippen LogP contribution in [0.15, 0.2) is 35.5 Å². The second-order valence-corrected chi connectivity index (χ2v) is 5.42. The molecule has 1 aliphatic carbocycles. The number of rotatable bonds is 2. The predicted molar refractivity (Wildman–Crippen MR) is 78.5 cm³/mol. The van der Waals surface area contributed by atoms with Gasteiger partial charge in [-0.15, -0.1) is 0 Å². The van der Waals surface area contributed by atoms with E-state index in [1.54, 1.807) is 11.8 Å². The van der Waals surface area contributed by atoms with Gasteiger partial charge in [0, 0.05) is 17.7 Å². The highest BCUT2D eigenvalue weighted by Crippen LogP contribution is 2.39. The standard InChI is InChI=1S/C15H15N5O2/c1-22-10-7-5-9(6-8-10)14-13-11(3-2-4-12(13)21)16-15-17-18-19-20(14)15/h5-8,14H,2-4H2,1H3,(H,16,17,19)/t14-/m1/s1. The molecule has 0 amide bonds. The number of nitrogens with zero attached hydrogens (tertiary/aromatic N) is 4. The Morgan fingerprint density at radius 2 is 2.09 bits per heavy atom. The van der Waals surface area contributed by atoms with Gasteiger partial charge in [-0.05, 0) is 41.0 Å². The van der Waals surface area contributed by atoms with E-state index in [1.165, 1.54) is 0 Å². The van der Waals surface area contributed by atoms with Crippen molar-refractivity contribution in [2.75, 3.05) is 12.4 Å². The van der Waals surface area contributed by atoms with E-state index < -0.39 is 0 Å². The van der Waals surface area contributed by atoms with E-state index in [2.05, 4.69) is 20.8 Å². The Kier molecular flexibility index (Phi) is 2.92. The molecular formula is C15H15N5O2. The predicted octanol–water partition coefficient (Wildman–Crippen LogP) is 1.70. The van der Waals surface area contributed by atoms with Gasteiger partial charge in [0.15, 0.2) is 5.78 Å². The first-order chi connectivity index (χ1) is 10.8. The van der Waals surface area contributed by atoms with Crippen molar-refractivity contribution in [1.82, 2.24) is 20.2 Å². The van der Waals surface area contributed by atoms with Gasteiger partial charge >= 0.3 is 0 Å². The van der Waals surface area contributed by atoms with Crippen LogP contribution in [0.25, 0.3) is 0 Å². The molecule has 4 rings (SSSR count). The average Bonchev–Trinajstić information content (AvgIpc) is 3.01. The van der Waals surface area contributed by atoms with Crippen LogP contribution in [0.4, 0.5) is 5.95 Å². The molecule has 7 heteroatoms. The number of hydrogen-bond donors (Lipinski definition) is 1. The van der Waals surface area contributed by atoms with Crippen LogP contribution < -0.4 is 10.1 Å². The third-order valence-electron chi connectivity index (χ3n) is 4.16. The van der Waals surface area contributed by atoms with Gasteiger partial charge in [0.1, 0.15) is 11.8 Å². The molecule has 0 fully saturated rings. The lowest BCUT2D eigenvalue weighted by Gasteiger charge is -2.31. The van der Waals surface area contributed by atoms with Crippen molar-refractivity contribution in [2.24, 2.45) is 0 Å². The normalized spacial score (nSPS) is 20.2. The lowest BCUT2D eigenvalue weighted by molar-refractivity contribution is -0.116. The summed E-state index contributed by atoms with van der Waals surface area (Å²) < 4.78 is 6.87. The Morgan fingerprint density at radius 1 is 1.27 bits per heavy atom. The van der Waals surface area contributed by atoms with Crippen molar-refractivity contribution in [3.63, 3.8) is 0 Å². The number of hydrogen-bond acceptors (Lipinski definition) is 6. The van der Waals surface area contributed by atoms with Gasteiger partial charge in [0.05, 0.1) is 7.11 Å². The molecule has 1 aromatic carbocycles. The summed E-state index contributed by atoms with van der Waals surface area (Å²) in [6, 6.07) is 7.39. The third-order valence-corrected chi connectivity index (χ3v) is 4.16. The quantitative estimate of drug-likeness (QED) is 0.908. The number of methoxy groups -OCH3 is 1. The van der Waals surface area contributed by atoms with E-state index in [0.29, 0.717) is 12.4 Å². The summed E-state index contributed by atoms with van der Waals surface area (Å²) in [6.45, 7) is 0. The van der Waals surface area contributed by atoms with E-state index >= 15 is 0 Å². The van der Waals surface area contributed by atoms with Crippen molar-refractivity contribution in [2.45, 2.75) is 25.3 Å². The molecule has 7 nitrogen and oxygen atoms in total. The Labute approximate surface area is 127 Å². The van der Waals surface area contributed by atoms with Crippen LogP contribution in [-0.2, 0) is 4.79 Å². The van der Waals surface area contributed by atoms with Crippen LogP contribution in [0, 0.1) is 0 Å². The highest BCUT2D eigenvalue weighted by molar-refractivity contribution is 5.99. The van der Waals surface area contributed by atoms with Crippen LogP contribution in [0.5, 0.6) is 5.75 Å². The fraction of sp³-hybridized carbons (Fsp3) is 0.333. The first kappa shape index (κ1) is 13.0. The summed E-state index contributed by atoms with van der Waals surface area (Å²) in [5.74, 6) is 1.52. The molecule has 0 bridgehead atoms. The Hall–Kier alpha value is -2.70. The number of nitrogens with one attached hydrogen (secondary N) is 1. The summed E-state index contributed by atoms with van der Waals surface area (Å²) >= 11 is 0. The number of anilines is 1. The van der Waals surface area contributed by atoms with Gasteiger partial charge in [-0.3, -0.25) is 4.79 Å². The maximum atomic E-state index is 12.5. The minimum atomic E-state index is -0.278. The van der Waals surface area contributed by atoms with E-state index in [1.807, 2.05) is 24.3 Å². The van der Waals surface area contributed by atoms with E-state index in [-0.39, 0.29) is 11.8 Å². The fourth-order valence-electron chi connectivity index (χ4n) is 3.11. The zero-order chi connectivity index (χ0) is 15.1. The molecule has 1 aromatic heterocycles. The van der Waals surface area contributed by atoms with Gasteiger partial charge < -0.3 is 10.1 Å². The second kappa shape index (κ2) is 4.94. The lowest BCUT2D eigenvalue weighted by Crippen LogP contribution is -2.31. The number of carbonyl (C=O) groups excluding carboxylic acids is 1. The van der Waals surface area contributed by atoms with E-state index in [9.17, 15) is 4.79 Å². The zero-order valence-corrected chi connectivity index (χ0v) is 12.1. The van der Waals surface area contributed by atoms with Crippen LogP contribution in [0.3, 0.4) is 0 Å². The van der Waals surface area contributed by atoms with Crippen LogP contribution in [0.2, 0.25) is 0 Å². The molecule has 0 saturated carbocycles. The Bertz CT molecular complexity index is 762. The smallest absolute Gasteiger partial charge is 0.248 e. The van der Waals surface area contributed by atoms with Gasteiger partial charge in [0.25, 0.3) is 0 Å². The number of Topliss-reactive ketones (excluding diaryl/α,β-unsaturated/α-hetero) is 1. The first-order valence-electron chi connectivity index (χ1n) is 7.23. The summed E-state index contributed by atoms with van der Waals surface area (Å²) in [4.78, 5) is 12.5. The van der Waals surface area contributed by atoms with Gasteiger partial charge in [-0.1, -0.05) is 17.2 Å². The number of ketones is 1. The molecular weight excluding hydrogens is 282 g/mol. The van der Waals surface area contributed by atoms with Crippen LogP contribution >= 0.6 is 0 Å². The van der Waals surface area contributed by atoms with Crippen molar-refractivity contribution < 1.29 is 9.53 Å². The average molecular weight is 297 g/mol. The molecule has 2 heterocycles. The maximum Gasteiger partial charge on any atom is 0.248 e. The van der Waals surface area contributed by atoms with Crippen LogP contribution in [0.1, 0.15) is 30.9 Å². The molecule has 0 saturated heterocycles. The summed E-state index contributed by atoms with van der Waals surface area (Å²) in [5.41, 5.74) is 2.69. The van der Waals surface area contributed by atoms with Crippen LogP contribution in [-0.4, -0.2) is 33.1 Å². The molecule has 2 aromatic rings. The fourth-order valence-corrected chi connectivity index (χ4v) is 3.11. The molecule has 0 radical (unpaired) electrons. The number of ether oxygens (including phenoxy) is 1. The molecule has 22 heavy (non-hydrogen) atoms. The second-order valence-electron chi connectivity index (χ2n) is 5.42. The molecule has 1 atom stereocenters. The summed E-state index contributed by atoms with van der Waals surface area (Å²) in [7, 11) is 1.63. The molecule has 1 aliphatic heterocycles. The topological polar surface area (TPSA) is 81.9 Å². The number of fused-ring (bicyclic) bond motifs is 1. The SMILES string of the molecule is COc1ccc([C@@H]2C3=C(CCCC3=O)Nc3nnnn32)cc1. The first-order valence-corrected chi connectivity index (χ1v) is 7.23. The number of tetrazole rings is 1. The Morgan fingerprint density at radius 3 is 2.86 bits per heavy atom. The largest absolute Gasteiger partial charge is 0.497 e. The van der Waals surface area contributed by atoms with Gasteiger partial charge in [-0.25, -0.2) is 0 Å². The third kappa shape index (κ3) is 1.89. The lowest BCUT2D eigenvalue weighted by atomic mass is 9.85. The number of aromatic nitrogens is 4. The minimum Gasteiger partial charge on any atom is -0.497 e. The number of benzene rings is 1. The monoisotopic (exact) mass is 297 g/mol. The molecule has 2 aliphatic rings. The van der Waals surface area contributed by atoms with E-state index in [0.717, 1.165) is 35.4 Å². The summed E-state index contributed by atoms with van der Waals surface area (Å²) in [6.07, 6.45) is 2.28. The maximum absolute atomic E-state index is 12.5. The molecule has 0 unspecified atom stereocenters. The van der Waals surface area contributed by atoms with Crippen molar-refractivity contribution in [3.05, 3.63) is 41.1 Å². The van der Waals surface area contributed by atoms with Crippen molar-refractivity contribution in [1.29, 1.82) is 0 Å². The number of carbonyl (C=O) groups is 1. The highest BCUT2D eigenvalue weighted by atomic mass is 16.5. The molecule has 0 spiro atoms. The minimum absolute atomic E-state index is 0.163. The zero-order valence-electron chi connectivity index (χ0n) is 12.1. The molecule has 1 N–H and O–H groups in total. The van der Waals surface area contributed by atoms with Gasteiger partial charge in [-0.2, -0.15) is 4.68 Å². The number of allylic oxidation sites excluding steroid dienone is 2. The Balaban J connectivity index is 1.86. The summed E-state index contributed by atoms with van der Waals surface area (Å²) in [5, 5.41) is 15.0. The van der Waals surface area contributed by atoms with Crippen molar-refractivity contribution in [3.8, 4) is 5.75 Å². The van der Waals surface area contributed by atoms with E-state index in [4.69, 9.17) is 4.74 Å².